The second kappa shape index (κ2) is 10.2. The molecule has 0 radical (unpaired) electrons. The van der Waals surface area contributed by atoms with Crippen LogP contribution in [0.2, 0.25) is 0 Å². The number of halogens is 1. The Morgan fingerprint density at radius 2 is 1.88 bits per heavy atom. The first-order valence-corrected chi connectivity index (χ1v) is 11.3. The van der Waals surface area contributed by atoms with Gasteiger partial charge in [-0.05, 0) is 23.8 Å². The molecule has 4 unspecified atom stereocenters. The van der Waals surface area contributed by atoms with E-state index in [0.717, 1.165) is 21.4 Å². The largest absolute Gasteiger partial charge is 0.387 e. The molecule has 4 rings (SSSR count). The van der Waals surface area contributed by atoms with Crippen LogP contribution in [0.4, 0.5) is 4.39 Å². The highest BCUT2D eigenvalue weighted by atomic mass is 31.2. The smallest absolute Gasteiger partial charge is 0.333 e. The highest BCUT2D eigenvalue weighted by Crippen LogP contribution is 2.32. The van der Waals surface area contributed by atoms with Gasteiger partial charge in [0.25, 0.3) is 5.56 Å². The number of benzene rings is 1. The number of hydrogen-bond acceptors (Lipinski definition) is 9. The lowest BCUT2D eigenvalue weighted by Gasteiger charge is -2.18. The predicted octanol–water partition coefficient (Wildman–Crippen LogP) is 0.107. The topological polar surface area (TPSA) is 156 Å². The number of pyridine rings is 1. The molecule has 0 bridgehead atoms. The van der Waals surface area contributed by atoms with Crippen LogP contribution >= 0.6 is 8.60 Å². The summed E-state index contributed by atoms with van der Waals surface area (Å²) in [5.41, 5.74) is -0.312. The zero-order valence-corrected chi connectivity index (χ0v) is 18.4. The van der Waals surface area contributed by atoms with Crippen molar-refractivity contribution in [3.8, 4) is 11.1 Å². The second-order valence-corrected chi connectivity index (χ2v) is 8.30. The van der Waals surface area contributed by atoms with Crippen LogP contribution < -0.4 is 11.2 Å². The summed E-state index contributed by atoms with van der Waals surface area (Å²) in [4.78, 5) is 47.5. The van der Waals surface area contributed by atoms with Crippen LogP contribution in [0.25, 0.3) is 11.1 Å². The molecule has 3 aromatic rings. The molecule has 11 nitrogen and oxygen atoms in total. The van der Waals surface area contributed by atoms with Gasteiger partial charge in [-0.25, -0.2) is 9.18 Å². The van der Waals surface area contributed by atoms with E-state index in [1.165, 1.54) is 12.3 Å². The van der Waals surface area contributed by atoms with E-state index in [-0.39, 0.29) is 6.54 Å². The molecule has 1 aliphatic heterocycles. The third-order valence-corrected chi connectivity index (χ3v) is 5.76. The molecule has 4 N–H and O–H groups in total. The van der Waals surface area contributed by atoms with Crippen molar-refractivity contribution in [3.63, 3.8) is 0 Å². The molecule has 0 aliphatic carbocycles. The Bertz CT molecular complexity index is 1280. The van der Waals surface area contributed by atoms with E-state index in [1.807, 2.05) is 0 Å². The van der Waals surface area contributed by atoms with Crippen molar-refractivity contribution >= 4 is 8.60 Å². The van der Waals surface area contributed by atoms with Crippen LogP contribution in [0.1, 0.15) is 11.9 Å². The maximum Gasteiger partial charge on any atom is 0.333 e. The van der Waals surface area contributed by atoms with Crippen molar-refractivity contribution in [2.75, 3.05) is 6.61 Å². The van der Waals surface area contributed by atoms with Gasteiger partial charge >= 0.3 is 14.3 Å². The fourth-order valence-corrected chi connectivity index (χ4v) is 3.98. The van der Waals surface area contributed by atoms with E-state index in [9.17, 15) is 24.2 Å². The summed E-state index contributed by atoms with van der Waals surface area (Å²) in [5.74, 6) is -0.432. The fourth-order valence-electron chi connectivity index (χ4n) is 3.70. The maximum atomic E-state index is 14.2. The van der Waals surface area contributed by atoms with Gasteiger partial charge < -0.3 is 29.3 Å². The van der Waals surface area contributed by atoms with Crippen LogP contribution in [0, 0.1) is 5.82 Å². The number of rotatable bonds is 7. The van der Waals surface area contributed by atoms with Crippen LogP contribution in [-0.2, 0) is 15.8 Å². The molecule has 0 amide bonds. The number of hydrogen-bond donors (Lipinski definition) is 4. The lowest BCUT2D eigenvalue weighted by Crippen LogP contribution is -2.43. The Hall–Kier alpha value is -2.83. The highest BCUT2D eigenvalue weighted by Gasteiger charge is 2.44. The van der Waals surface area contributed by atoms with E-state index < -0.39 is 56.8 Å². The van der Waals surface area contributed by atoms with Crippen LogP contribution in [0.5, 0.6) is 0 Å². The first kappa shape index (κ1) is 24.3. The normalized spacial score (nSPS) is 22.4. The Labute approximate surface area is 192 Å². The number of nitrogens with zero attached hydrogens (tertiary/aromatic N) is 3. The summed E-state index contributed by atoms with van der Waals surface area (Å²) >= 11 is 0. The quantitative estimate of drug-likeness (QED) is 0.336. The van der Waals surface area contributed by atoms with Gasteiger partial charge in [-0.2, -0.15) is 0 Å². The van der Waals surface area contributed by atoms with Gasteiger partial charge in [0.2, 0.25) is 0 Å². The molecule has 34 heavy (non-hydrogen) atoms. The zero-order valence-electron chi connectivity index (χ0n) is 17.5. The van der Waals surface area contributed by atoms with Crippen molar-refractivity contribution in [3.05, 3.63) is 87.2 Å². The molecule has 4 atom stereocenters. The number of ether oxygens (including phenoxy) is 1. The molecule has 2 aromatic heterocycles. The molecular weight excluding hydrogens is 472 g/mol. The van der Waals surface area contributed by atoms with E-state index in [2.05, 4.69) is 9.51 Å². The van der Waals surface area contributed by atoms with E-state index in [1.54, 1.807) is 30.3 Å². The molecule has 1 aromatic carbocycles. The summed E-state index contributed by atoms with van der Waals surface area (Å²) in [6, 6.07) is 10.4. The van der Waals surface area contributed by atoms with Crippen molar-refractivity contribution in [1.29, 1.82) is 0 Å². The highest BCUT2D eigenvalue weighted by molar-refractivity contribution is 7.39. The second-order valence-electron chi connectivity index (χ2n) is 7.54. The summed E-state index contributed by atoms with van der Waals surface area (Å²) in [6.07, 6.45) is -2.97. The molecule has 180 valence electrons. The zero-order chi connectivity index (χ0) is 24.4. The summed E-state index contributed by atoms with van der Waals surface area (Å²) in [6.45, 7) is -0.674. The Morgan fingerprint density at radius 1 is 1.12 bits per heavy atom. The predicted molar refractivity (Wildman–Crippen MR) is 117 cm³/mol. The van der Waals surface area contributed by atoms with Gasteiger partial charge in [-0.3, -0.25) is 18.9 Å². The Balaban J connectivity index is 1.62. The molecular formula is C21H21FN3O8P. The minimum absolute atomic E-state index is 0.238. The summed E-state index contributed by atoms with van der Waals surface area (Å²) in [7, 11) is -2.70. The third-order valence-electron chi connectivity index (χ3n) is 5.38. The number of aliphatic hydroxyl groups excluding tert-OH is 2. The standard InChI is InChI=1S/C21H21FN3O8P/c22-15-4-2-1-3-14(15)12-5-7-23-13(9-12)10-25-17(26)6-8-24(21(25)29)20-19(28)18(27)16(33-20)11-32-34(30)31/h1-9,16,18-20,27-28,30-31H,10-11H2. The third kappa shape index (κ3) is 4.98. The average molecular weight is 493 g/mol. The molecule has 0 saturated carbocycles. The SMILES string of the molecule is O=c1ccn(C2OC(COP(O)O)C(O)C2O)c(=O)n1Cc1cc(-c2ccccc2F)ccn1. The molecule has 3 heterocycles. The van der Waals surface area contributed by atoms with E-state index in [4.69, 9.17) is 14.5 Å². The Morgan fingerprint density at radius 3 is 2.62 bits per heavy atom. The van der Waals surface area contributed by atoms with Crippen molar-refractivity contribution in [2.45, 2.75) is 31.1 Å². The molecule has 1 saturated heterocycles. The van der Waals surface area contributed by atoms with Crippen LogP contribution in [-0.4, -0.2) is 59.0 Å². The van der Waals surface area contributed by atoms with E-state index in [0.29, 0.717) is 16.8 Å². The van der Waals surface area contributed by atoms with Crippen molar-refractivity contribution < 1.29 is 33.7 Å². The van der Waals surface area contributed by atoms with Gasteiger partial charge in [0.05, 0.1) is 18.8 Å². The summed E-state index contributed by atoms with van der Waals surface area (Å²) in [5, 5.41) is 20.5. The lowest BCUT2D eigenvalue weighted by molar-refractivity contribution is -0.0531. The lowest BCUT2D eigenvalue weighted by atomic mass is 10.1. The van der Waals surface area contributed by atoms with Gasteiger partial charge in [0.15, 0.2) is 6.23 Å². The minimum atomic E-state index is -2.70. The molecule has 0 spiro atoms. The molecule has 1 fully saturated rings. The Kier molecular flexibility index (Phi) is 7.29. The minimum Gasteiger partial charge on any atom is -0.387 e. The van der Waals surface area contributed by atoms with Crippen molar-refractivity contribution in [1.82, 2.24) is 14.1 Å². The average Bonchev–Trinajstić information content (AvgIpc) is 3.09. The fraction of sp³-hybridized carbons (Fsp3) is 0.286. The summed E-state index contributed by atoms with van der Waals surface area (Å²) < 4.78 is 26.1. The molecule has 1 aliphatic rings. The number of aliphatic hydroxyl groups is 2. The van der Waals surface area contributed by atoms with Crippen LogP contribution in [0.3, 0.4) is 0 Å². The molecule has 13 heteroatoms. The van der Waals surface area contributed by atoms with Gasteiger partial charge in [-0.1, -0.05) is 18.2 Å². The van der Waals surface area contributed by atoms with Gasteiger partial charge in [0, 0.05) is 24.0 Å². The van der Waals surface area contributed by atoms with Crippen LogP contribution in [0.15, 0.2) is 64.4 Å². The maximum absolute atomic E-state index is 14.2. The monoisotopic (exact) mass is 493 g/mol. The van der Waals surface area contributed by atoms with Gasteiger partial charge in [-0.15, -0.1) is 0 Å². The first-order valence-electron chi connectivity index (χ1n) is 10.1. The van der Waals surface area contributed by atoms with E-state index >= 15 is 0 Å². The number of aromatic nitrogens is 3. The van der Waals surface area contributed by atoms with Crippen molar-refractivity contribution in [2.24, 2.45) is 0 Å². The first-order chi connectivity index (χ1) is 16.3. The van der Waals surface area contributed by atoms with Gasteiger partial charge in [0.1, 0.15) is 24.1 Å².